The summed E-state index contributed by atoms with van der Waals surface area (Å²) in [4.78, 5) is 11.0. The van der Waals surface area contributed by atoms with Crippen molar-refractivity contribution in [3.05, 3.63) is 45.1 Å². The first kappa shape index (κ1) is 12.3. The van der Waals surface area contributed by atoms with Crippen molar-refractivity contribution in [2.75, 3.05) is 0 Å². The topological polar surface area (TPSA) is 50.4 Å². The zero-order chi connectivity index (χ0) is 12.6. The molecule has 0 aliphatic carbocycles. The van der Waals surface area contributed by atoms with Crippen LogP contribution in [-0.4, -0.2) is 11.1 Å². The van der Waals surface area contributed by atoms with Crippen LogP contribution < -0.4 is 0 Å². The Kier molecular flexibility index (Phi) is 3.33. The van der Waals surface area contributed by atoms with Crippen molar-refractivity contribution in [2.45, 2.75) is 0 Å². The monoisotopic (exact) mass is 290 g/mol. The van der Waals surface area contributed by atoms with Crippen molar-refractivity contribution in [1.29, 1.82) is 0 Å². The van der Waals surface area contributed by atoms with E-state index in [1.165, 1.54) is 12.1 Å². The number of carbonyl (C=O) groups is 1. The molecule has 17 heavy (non-hydrogen) atoms. The van der Waals surface area contributed by atoms with Crippen LogP contribution in [0.15, 0.2) is 28.7 Å². The van der Waals surface area contributed by atoms with E-state index in [0.717, 1.165) is 0 Å². The zero-order valence-electron chi connectivity index (χ0n) is 8.21. The Bertz CT molecular complexity index is 590. The van der Waals surface area contributed by atoms with Gasteiger partial charge in [-0.15, -0.1) is 0 Å². The molecule has 0 spiro atoms. The normalized spacial score (nSPS) is 10.5. The number of benzene rings is 1. The third kappa shape index (κ3) is 2.41. The number of furan rings is 1. The first-order chi connectivity index (χ1) is 7.99. The molecule has 2 rings (SSSR count). The third-order valence-corrected chi connectivity index (χ3v) is 2.86. The van der Waals surface area contributed by atoms with E-state index in [4.69, 9.17) is 44.3 Å². The highest BCUT2D eigenvalue weighted by atomic mass is 35.5. The molecular weight excluding hydrogens is 286 g/mol. The molecule has 0 aliphatic rings. The Morgan fingerprint density at radius 3 is 2.53 bits per heavy atom. The van der Waals surface area contributed by atoms with Crippen molar-refractivity contribution < 1.29 is 14.3 Å². The molecule has 0 fully saturated rings. The second kappa shape index (κ2) is 4.61. The van der Waals surface area contributed by atoms with Crippen LogP contribution >= 0.6 is 34.8 Å². The standard InChI is InChI=1S/C11H5Cl3O3/c12-5-1-2-8(13)6(3-5)10-7(11(15)16)4-9(14)17-10/h1-4H,(H,15,16). The molecule has 0 saturated heterocycles. The van der Waals surface area contributed by atoms with Gasteiger partial charge in [-0.25, -0.2) is 4.79 Å². The molecule has 3 nitrogen and oxygen atoms in total. The van der Waals surface area contributed by atoms with Gasteiger partial charge in [-0.3, -0.25) is 0 Å². The summed E-state index contributed by atoms with van der Waals surface area (Å²) in [5.41, 5.74) is 0.336. The zero-order valence-corrected chi connectivity index (χ0v) is 10.5. The maximum Gasteiger partial charge on any atom is 0.339 e. The summed E-state index contributed by atoms with van der Waals surface area (Å²) < 4.78 is 5.14. The minimum absolute atomic E-state index is 0.0200. The maximum atomic E-state index is 11.0. The van der Waals surface area contributed by atoms with Crippen molar-refractivity contribution in [3.63, 3.8) is 0 Å². The van der Waals surface area contributed by atoms with Gasteiger partial charge < -0.3 is 9.52 Å². The fraction of sp³-hybridized carbons (Fsp3) is 0. The molecular formula is C11H5Cl3O3. The molecule has 0 radical (unpaired) electrons. The number of rotatable bonds is 2. The first-order valence-electron chi connectivity index (χ1n) is 4.47. The average molecular weight is 292 g/mol. The molecule has 0 bridgehead atoms. The quantitative estimate of drug-likeness (QED) is 0.879. The molecule has 1 aromatic heterocycles. The van der Waals surface area contributed by atoms with E-state index in [9.17, 15) is 4.79 Å². The van der Waals surface area contributed by atoms with Crippen LogP contribution in [0.2, 0.25) is 15.3 Å². The van der Waals surface area contributed by atoms with E-state index in [2.05, 4.69) is 0 Å². The summed E-state index contributed by atoms with van der Waals surface area (Å²) in [6.07, 6.45) is 0. The molecule has 0 atom stereocenters. The summed E-state index contributed by atoms with van der Waals surface area (Å²) in [5.74, 6) is -1.05. The van der Waals surface area contributed by atoms with Crippen LogP contribution in [0.5, 0.6) is 0 Å². The van der Waals surface area contributed by atoms with E-state index in [1.807, 2.05) is 0 Å². The molecule has 2 aromatic rings. The summed E-state index contributed by atoms with van der Waals surface area (Å²) in [6.45, 7) is 0. The second-order valence-electron chi connectivity index (χ2n) is 3.22. The predicted molar refractivity (Wildman–Crippen MR) is 66.1 cm³/mol. The molecule has 1 aromatic carbocycles. The molecule has 88 valence electrons. The summed E-state index contributed by atoms with van der Waals surface area (Å²) in [5, 5.41) is 9.75. The number of carboxylic acid groups (broad SMARTS) is 1. The minimum Gasteiger partial charge on any atom is -0.478 e. The van der Waals surface area contributed by atoms with Gasteiger partial charge >= 0.3 is 5.97 Å². The Morgan fingerprint density at radius 2 is 1.88 bits per heavy atom. The maximum absolute atomic E-state index is 11.0. The number of aromatic carboxylic acids is 1. The van der Waals surface area contributed by atoms with Crippen LogP contribution in [0.4, 0.5) is 0 Å². The van der Waals surface area contributed by atoms with E-state index in [1.54, 1.807) is 12.1 Å². The molecule has 6 heteroatoms. The summed E-state index contributed by atoms with van der Waals surface area (Å²) >= 11 is 17.4. The lowest BCUT2D eigenvalue weighted by Crippen LogP contribution is -1.96. The van der Waals surface area contributed by atoms with E-state index in [0.29, 0.717) is 15.6 Å². The average Bonchev–Trinajstić information content (AvgIpc) is 2.64. The Balaban J connectivity index is 2.67. The highest BCUT2D eigenvalue weighted by Crippen LogP contribution is 2.35. The highest BCUT2D eigenvalue weighted by molar-refractivity contribution is 6.35. The largest absolute Gasteiger partial charge is 0.478 e. The SMILES string of the molecule is O=C(O)c1cc(Cl)oc1-c1cc(Cl)ccc1Cl. The number of halogens is 3. The highest BCUT2D eigenvalue weighted by Gasteiger charge is 2.20. The van der Waals surface area contributed by atoms with Gasteiger partial charge in [-0.2, -0.15) is 0 Å². The van der Waals surface area contributed by atoms with Crippen LogP contribution in [0, 0.1) is 0 Å². The predicted octanol–water partition coefficient (Wildman–Crippen LogP) is 4.61. The minimum atomic E-state index is -1.15. The van der Waals surface area contributed by atoms with Crippen LogP contribution in [0.3, 0.4) is 0 Å². The van der Waals surface area contributed by atoms with E-state index < -0.39 is 5.97 Å². The fourth-order valence-electron chi connectivity index (χ4n) is 1.39. The molecule has 0 unspecified atom stereocenters. The van der Waals surface area contributed by atoms with Crippen LogP contribution in [-0.2, 0) is 0 Å². The van der Waals surface area contributed by atoms with Crippen molar-refractivity contribution in [1.82, 2.24) is 0 Å². The number of hydrogen-bond donors (Lipinski definition) is 1. The molecule has 0 amide bonds. The van der Waals surface area contributed by atoms with Crippen LogP contribution in [0.1, 0.15) is 10.4 Å². The summed E-state index contributed by atoms with van der Waals surface area (Å²) in [7, 11) is 0. The lowest BCUT2D eigenvalue weighted by molar-refractivity contribution is 0.0697. The first-order valence-corrected chi connectivity index (χ1v) is 5.60. The van der Waals surface area contributed by atoms with E-state index >= 15 is 0 Å². The number of carboxylic acids is 1. The Labute approximate surface area is 112 Å². The Hall–Kier alpha value is -1.16. The van der Waals surface area contributed by atoms with Gasteiger partial charge in [0.15, 0.2) is 11.0 Å². The van der Waals surface area contributed by atoms with E-state index in [-0.39, 0.29) is 16.5 Å². The van der Waals surface area contributed by atoms with Gasteiger partial charge in [0.05, 0.1) is 5.02 Å². The Morgan fingerprint density at radius 1 is 1.18 bits per heavy atom. The van der Waals surface area contributed by atoms with Crippen molar-refractivity contribution in [3.8, 4) is 11.3 Å². The van der Waals surface area contributed by atoms with Crippen molar-refractivity contribution >= 4 is 40.8 Å². The van der Waals surface area contributed by atoms with Gasteiger partial charge in [-0.1, -0.05) is 23.2 Å². The number of hydrogen-bond acceptors (Lipinski definition) is 2. The fourth-order valence-corrected chi connectivity index (χ4v) is 1.95. The lowest BCUT2D eigenvalue weighted by atomic mass is 10.1. The molecule has 0 saturated carbocycles. The van der Waals surface area contributed by atoms with Crippen molar-refractivity contribution in [2.24, 2.45) is 0 Å². The smallest absolute Gasteiger partial charge is 0.339 e. The van der Waals surface area contributed by atoms with Gasteiger partial charge in [0.2, 0.25) is 0 Å². The summed E-state index contributed by atoms with van der Waals surface area (Å²) in [6, 6.07) is 5.89. The third-order valence-electron chi connectivity index (χ3n) is 2.11. The second-order valence-corrected chi connectivity index (χ2v) is 4.44. The van der Waals surface area contributed by atoms with Gasteiger partial charge in [0.25, 0.3) is 0 Å². The molecule has 1 heterocycles. The van der Waals surface area contributed by atoms with Gasteiger partial charge in [0.1, 0.15) is 5.56 Å². The molecule has 0 aliphatic heterocycles. The van der Waals surface area contributed by atoms with Gasteiger partial charge in [-0.05, 0) is 29.8 Å². The lowest BCUT2D eigenvalue weighted by Gasteiger charge is -2.02. The van der Waals surface area contributed by atoms with Crippen LogP contribution in [0.25, 0.3) is 11.3 Å². The van der Waals surface area contributed by atoms with Gasteiger partial charge in [0, 0.05) is 16.7 Å². The molecule has 1 N–H and O–H groups in total.